The molecule has 5 aromatic rings. The second-order valence-corrected chi connectivity index (χ2v) is 6.90. The summed E-state index contributed by atoms with van der Waals surface area (Å²) in [6.45, 7) is 0. The molecule has 0 radical (unpaired) electrons. The summed E-state index contributed by atoms with van der Waals surface area (Å²) < 4.78 is 43.5. The van der Waals surface area contributed by atoms with E-state index in [1.807, 2.05) is 41.9 Å². The summed E-state index contributed by atoms with van der Waals surface area (Å²) >= 11 is 0. The summed E-state index contributed by atoms with van der Waals surface area (Å²) in [6, 6.07) is 13.8. The van der Waals surface area contributed by atoms with E-state index in [2.05, 4.69) is 4.98 Å². The average Bonchev–Trinajstić information content (AvgIpc) is 3.27. The molecule has 0 N–H and O–H groups in total. The normalized spacial score (nSPS) is 12.1. The number of para-hydroxylation sites is 1. The van der Waals surface area contributed by atoms with E-state index in [0.29, 0.717) is 16.7 Å². The molecule has 0 amide bonds. The second kappa shape index (κ2) is 5.97. The van der Waals surface area contributed by atoms with Crippen LogP contribution in [0.15, 0.2) is 59.7 Å². The number of alkyl halides is 3. The number of halogens is 3. The van der Waals surface area contributed by atoms with Crippen LogP contribution in [-0.4, -0.2) is 18.5 Å². The van der Waals surface area contributed by atoms with Crippen molar-refractivity contribution in [2.45, 2.75) is 6.18 Å². The van der Waals surface area contributed by atoms with Gasteiger partial charge in [0.1, 0.15) is 17.3 Å². The molecule has 0 saturated carbocycles. The van der Waals surface area contributed by atoms with Gasteiger partial charge in [-0.05, 0) is 24.3 Å². The molecule has 0 saturated heterocycles. The summed E-state index contributed by atoms with van der Waals surface area (Å²) in [5.74, 6) is 0. The highest BCUT2D eigenvalue weighted by atomic mass is 19.4. The first-order valence-electron chi connectivity index (χ1n) is 8.89. The zero-order valence-electron chi connectivity index (χ0n) is 15.5. The Morgan fingerprint density at radius 2 is 1.83 bits per heavy atom. The Morgan fingerprint density at radius 1 is 1.07 bits per heavy atom. The number of hydrogen-bond acceptors (Lipinski definition) is 3. The number of aromatic nitrogens is 4. The molecule has 0 fully saturated rings. The first kappa shape index (κ1) is 18.0. The van der Waals surface area contributed by atoms with Gasteiger partial charge in [0.05, 0.1) is 22.2 Å². The van der Waals surface area contributed by atoms with Crippen LogP contribution in [-0.2, 0) is 13.2 Å². The minimum atomic E-state index is -4.58. The monoisotopic (exact) mass is 407 g/mol. The van der Waals surface area contributed by atoms with E-state index in [1.165, 1.54) is 33.4 Å². The fraction of sp³-hybridized carbons (Fsp3) is 0.0952. The van der Waals surface area contributed by atoms with E-state index in [0.717, 1.165) is 17.1 Å². The molecule has 5 rings (SSSR count). The number of pyridine rings is 2. The molecule has 1 aromatic carbocycles. The number of rotatable bonds is 1. The first-order valence-corrected chi connectivity index (χ1v) is 8.89. The topological polar surface area (TPSA) is 68.0 Å². The van der Waals surface area contributed by atoms with Crippen molar-refractivity contribution in [1.82, 2.24) is 18.5 Å². The molecule has 148 valence electrons. The number of nitriles is 1. The summed E-state index contributed by atoms with van der Waals surface area (Å²) in [5, 5.41) is 10.3. The summed E-state index contributed by atoms with van der Waals surface area (Å²) in [4.78, 5) is 16.7. The van der Waals surface area contributed by atoms with Crippen molar-refractivity contribution in [1.29, 1.82) is 5.26 Å². The van der Waals surface area contributed by atoms with E-state index in [-0.39, 0.29) is 11.2 Å². The minimum absolute atomic E-state index is 0.0601. The van der Waals surface area contributed by atoms with Gasteiger partial charge in [-0.3, -0.25) is 9.36 Å². The lowest BCUT2D eigenvalue weighted by Gasteiger charge is -2.10. The SMILES string of the molecule is Cn1c2ccccc2c2c1cc(C#N)c(=O)n2-c1ccc2nc(C(F)(F)F)cn2c1. The highest BCUT2D eigenvalue weighted by molar-refractivity contribution is 6.06. The van der Waals surface area contributed by atoms with Crippen molar-refractivity contribution in [3.8, 4) is 11.8 Å². The maximum atomic E-state index is 13.1. The fourth-order valence-corrected chi connectivity index (χ4v) is 3.79. The molecule has 0 aliphatic carbocycles. The Bertz CT molecular complexity index is 1580. The van der Waals surface area contributed by atoms with Crippen LogP contribution in [0.5, 0.6) is 0 Å². The van der Waals surface area contributed by atoms with Gasteiger partial charge in [-0.25, -0.2) is 4.98 Å². The molecule has 4 aromatic heterocycles. The third-order valence-corrected chi connectivity index (χ3v) is 5.17. The number of nitrogens with zero attached hydrogens (tertiary/aromatic N) is 5. The molecule has 0 unspecified atom stereocenters. The minimum Gasteiger partial charge on any atom is -0.342 e. The predicted molar refractivity (Wildman–Crippen MR) is 104 cm³/mol. The number of benzene rings is 1. The van der Waals surface area contributed by atoms with E-state index in [4.69, 9.17) is 0 Å². The van der Waals surface area contributed by atoms with Crippen molar-refractivity contribution < 1.29 is 13.2 Å². The van der Waals surface area contributed by atoms with E-state index in [9.17, 15) is 23.2 Å². The van der Waals surface area contributed by atoms with Crippen LogP contribution in [0.3, 0.4) is 0 Å². The lowest BCUT2D eigenvalue weighted by atomic mass is 10.2. The van der Waals surface area contributed by atoms with E-state index < -0.39 is 17.4 Å². The molecule has 0 aliphatic rings. The average molecular weight is 407 g/mol. The van der Waals surface area contributed by atoms with Gasteiger partial charge in [-0.1, -0.05) is 18.2 Å². The molecule has 0 bridgehead atoms. The maximum absolute atomic E-state index is 13.1. The Kier molecular flexibility index (Phi) is 3.58. The zero-order chi connectivity index (χ0) is 21.2. The lowest BCUT2D eigenvalue weighted by molar-refractivity contribution is -0.140. The zero-order valence-corrected chi connectivity index (χ0v) is 15.5. The predicted octanol–water partition coefficient (Wildman–Crippen LogP) is 4.02. The van der Waals surface area contributed by atoms with Gasteiger partial charge in [-0.15, -0.1) is 0 Å². The number of aryl methyl sites for hydroxylation is 1. The standard InChI is InChI=1S/C21H12F3N5O/c1-27-15-5-3-2-4-14(15)19-16(27)8-12(9-25)20(30)29(19)13-6-7-18-26-17(21(22,23)24)11-28(18)10-13/h2-8,10-11H,1H3. The molecule has 30 heavy (non-hydrogen) atoms. The van der Waals surface area contributed by atoms with Crippen molar-refractivity contribution in [3.05, 3.63) is 76.5 Å². The van der Waals surface area contributed by atoms with Crippen LogP contribution in [0, 0.1) is 11.3 Å². The van der Waals surface area contributed by atoms with Crippen LogP contribution in [0.1, 0.15) is 11.3 Å². The van der Waals surface area contributed by atoms with Crippen molar-refractivity contribution in [2.24, 2.45) is 7.05 Å². The summed E-state index contributed by atoms with van der Waals surface area (Å²) in [7, 11) is 1.83. The van der Waals surface area contributed by atoms with Crippen molar-refractivity contribution >= 4 is 27.6 Å². The summed E-state index contributed by atoms with van der Waals surface area (Å²) in [6.07, 6.45) is -2.30. The Morgan fingerprint density at radius 3 is 2.57 bits per heavy atom. The van der Waals surface area contributed by atoms with Gasteiger partial charge in [-0.2, -0.15) is 18.4 Å². The molecular weight excluding hydrogens is 395 g/mol. The van der Waals surface area contributed by atoms with Gasteiger partial charge in [0, 0.05) is 24.8 Å². The van der Waals surface area contributed by atoms with Crippen molar-refractivity contribution in [2.75, 3.05) is 0 Å². The Labute approximate surface area is 166 Å². The van der Waals surface area contributed by atoms with Crippen LogP contribution in [0.25, 0.3) is 33.3 Å². The largest absolute Gasteiger partial charge is 0.434 e. The maximum Gasteiger partial charge on any atom is 0.434 e. The Hall–Kier alpha value is -4.06. The summed E-state index contributed by atoms with van der Waals surface area (Å²) in [5.41, 5.74) is 0.905. The van der Waals surface area contributed by atoms with Gasteiger partial charge in [0.15, 0.2) is 5.69 Å². The van der Waals surface area contributed by atoms with Crippen LogP contribution in [0.4, 0.5) is 13.2 Å². The van der Waals surface area contributed by atoms with Gasteiger partial charge < -0.3 is 8.97 Å². The second-order valence-electron chi connectivity index (χ2n) is 6.90. The lowest BCUT2D eigenvalue weighted by Crippen LogP contribution is -2.21. The number of hydrogen-bond donors (Lipinski definition) is 0. The molecule has 6 nitrogen and oxygen atoms in total. The molecule has 0 aliphatic heterocycles. The van der Waals surface area contributed by atoms with Crippen LogP contribution >= 0.6 is 0 Å². The third kappa shape index (κ3) is 2.43. The fourth-order valence-electron chi connectivity index (χ4n) is 3.79. The molecule has 4 heterocycles. The molecule has 9 heteroatoms. The van der Waals surface area contributed by atoms with Crippen LogP contribution in [0.2, 0.25) is 0 Å². The quantitative estimate of drug-likeness (QED) is 0.422. The number of fused-ring (bicyclic) bond motifs is 4. The third-order valence-electron chi connectivity index (χ3n) is 5.17. The highest BCUT2D eigenvalue weighted by Gasteiger charge is 2.34. The smallest absolute Gasteiger partial charge is 0.342 e. The first-order chi connectivity index (χ1) is 14.3. The number of imidazole rings is 1. The van der Waals surface area contributed by atoms with Crippen molar-refractivity contribution in [3.63, 3.8) is 0 Å². The van der Waals surface area contributed by atoms with Gasteiger partial charge in [0.2, 0.25) is 0 Å². The Balaban J connectivity index is 1.90. The molecule has 0 atom stereocenters. The molecular formula is C21H12F3N5O. The van der Waals surface area contributed by atoms with Crippen LogP contribution < -0.4 is 5.56 Å². The molecule has 0 spiro atoms. The van der Waals surface area contributed by atoms with E-state index in [1.54, 1.807) is 0 Å². The highest BCUT2D eigenvalue weighted by Crippen LogP contribution is 2.31. The van der Waals surface area contributed by atoms with Gasteiger partial charge >= 0.3 is 6.18 Å². The van der Waals surface area contributed by atoms with E-state index >= 15 is 0 Å². The van der Waals surface area contributed by atoms with Gasteiger partial charge in [0.25, 0.3) is 5.56 Å².